The Morgan fingerprint density at radius 1 is 1.12 bits per heavy atom. The molecule has 3 amide bonds. The van der Waals surface area contributed by atoms with Crippen LogP contribution >= 0.6 is 0 Å². The van der Waals surface area contributed by atoms with Crippen LogP contribution in [0.2, 0.25) is 0 Å². The van der Waals surface area contributed by atoms with Gasteiger partial charge in [0.2, 0.25) is 0 Å². The Labute approximate surface area is 138 Å². The third-order valence-electron chi connectivity index (χ3n) is 5.08. The smallest absolute Gasteiger partial charge is 0.313 e. The van der Waals surface area contributed by atoms with Crippen molar-refractivity contribution in [1.82, 2.24) is 9.80 Å². The van der Waals surface area contributed by atoms with E-state index >= 15 is 0 Å². The van der Waals surface area contributed by atoms with Crippen LogP contribution in [0.4, 0.5) is 18.0 Å². The van der Waals surface area contributed by atoms with E-state index in [1.165, 1.54) is 17.0 Å². The van der Waals surface area contributed by atoms with Gasteiger partial charge in [0, 0.05) is 7.05 Å². The van der Waals surface area contributed by atoms with E-state index in [1.54, 1.807) is 7.05 Å². The number of carbonyl (C=O) groups is 2. The van der Waals surface area contributed by atoms with Gasteiger partial charge in [0.25, 0.3) is 5.91 Å². The van der Waals surface area contributed by atoms with Crippen molar-refractivity contribution < 1.29 is 22.8 Å². The van der Waals surface area contributed by atoms with Crippen molar-refractivity contribution in [2.75, 3.05) is 7.05 Å². The van der Waals surface area contributed by atoms with Crippen LogP contribution in [0.3, 0.4) is 0 Å². The van der Waals surface area contributed by atoms with Gasteiger partial charge in [0.15, 0.2) is 0 Å². The first-order valence-electron chi connectivity index (χ1n) is 8.02. The standard InChI is InChI=1S/C17H19F3N2O2/c1-21-15(24)22(14(23)16(21)8-3-2-4-9-16)11-12-6-5-7-13(10-12)17(18,19)20/h5-7,10H,2-4,8-9,11H2,1H3. The summed E-state index contributed by atoms with van der Waals surface area (Å²) in [7, 11) is 1.61. The van der Waals surface area contributed by atoms with Crippen molar-refractivity contribution in [2.45, 2.75) is 50.4 Å². The van der Waals surface area contributed by atoms with Crippen LogP contribution in [0.15, 0.2) is 24.3 Å². The number of likely N-dealkylation sites (N-methyl/N-ethyl adjacent to an activating group) is 1. The van der Waals surface area contributed by atoms with Gasteiger partial charge in [-0.05, 0) is 30.5 Å². The molecule has 0 unspecified atom stereocenters. The summed E-state index contributed by atoms with van der Waals surface area (Å²) >= 11 is 0. The predicted molar refractivity (Wildman–Crippen MR) is 81.0 cm³/mol. The molecule has 1 spiro atoms. The fourth-order valence-electron chi connectivity index (χ4n) is 3.70. The van der Waals surface area contributed by atoms with Crippen LogP contribution in [0.25, 0.3) is 0 Å². The van der Waals surface area contributed by atoms with Gasteiger partial charge in [-0.25, -0.2) is 4.79 Å². The van der Waals surface area contributed by atoms with Gasteiger partial charge in [-0.3, -0.25) is 9.69 Å². The zero-order valence-electron chi connectivity index (χ0n) is 13.4. The zero-order chi connectivity index (χ0) is 17.5. The summed E-state index contributed by atoms with van der Waals surface area (Å²) in [6.45, 7) is -0.131. The van der Waals surface area contributed by atoms with E-state index in [-0.39, 0.29) is 12.5 Å². The van der Waals surface area contributed by atoms with Crippen molar-refractivity contribution in [1.29, 1.82) is 0 Å². The average Bonchev–Trinajstić information content (AvgIpc) is 2.72. The Bertz CT molecular complexity index is 666. The van der Waals surface area contributed by atoms with Crippen LogP contribution in [-0.2, 0) is 17.5 Å². The quantitative estimate of drug-likeness (QED) is 0.768. The highest BCUT2D eigenvalue weighted by molar-refractivity contribution is 6.06. The predicted octanol–water partition coefficient (Wildman–Crippen LogP) is 3.80. The molecule has 2 aliphatic rings. The minimum Gasteiger partial charge on any atom is -0.313 e. The minimum atomic E-state index is -4.45. The summed E-state index contributed by atoms with van der Waals surface area (Å²) in [6, 6.07) is 4.34. The summed E-state index contributed by atoms with van der Waals surface area (Å²) in [6.07, 6.45) is -0.428. The molecular weight excluding hydrogens is 321 g/mol. The maximum Gasteiger partial charge on any atom is 0.416 e. The second-order valence-corrected chi connectivity index (χ2v) is 6.52. The van der Waals surface area contributed by atoms with Gasteiger partial charge in [-0.2, -0.15) is 13.2 Å². The van der Waals surface area contributed by atoms with E-state index in [0.29, 0.717) is 18.4 Å². The third kappa shape index (κ3) is 2.65. The van der Waals surface area contributed by atoms with Crippen molar-refractivity contribution in [2.24, 2.45) is 0 Å². The van der Waals surface area contributed by atoms with E-state index in [1.807, 2.05) is 0 Å². The van der Waals surface area contributed by atoms with Crippen molar-refractivity contribution >= 4 is 11.9 Å². The topological polar surface area (TPSA) is 40.6 Å². The number of rotatable bonds is 2. The van der Waals surface area contributed by atoms with Crippen LogP contribution in [0, 0.1) is 0 Å². The van der Waals surface area contributed by atoms with Crippen LogP contribution < -0.4 is 0 Å². The molecule has 0 radical (unpaired) electrons. The molecule has 1 aliphatic heterocycles. The molecule has 0 aromatic heterocycles. The maximum atomic E-state index is 12.8. The Kier molecular flexibility index (Phi) is 4.05. The number of benzene rings is 1. The first kappa shape index (κ1) is 16.8. The Morgan fingerprint density at radius 3 is 2.42 bits per heavy atom. The van der Waals surface area contributed by atoms with Crippen LogP contribution in [0.1, 0.15) is 43.2 Å². The minimum absolute atomic E-state index is 0.131. The summed E-state index contributed by atoms with van der Waals surface area (Å²) in [5.74, 6) is -0.285. The maximum absolute atomic E-state index is 12.8. The third-order valence-corrected chi connectivity index (χ3v) is 5.08. The fraction of sp³-hybridized carbons (Fsp3) is 0.529. The number of imide groups is 1. The fourth-order valence-corrected chi connectivity index (χ4v) is 3.70. The number of amides is 3. The number of alkyl halides is 3. The molecule has 4 nitrogen and oxygen atoms in total. The van der Waals surface area contributed by atoms with Crippen LogP contribution in [0.5, 0.6) is 0 Å². The molecule has 1 aromatic rings. The Hall–Kier alpha value is -2.05. The highest BCUT2D eigenvalue weighted by Gasteiger charge is 2.55. The van der Waals surface area contributed by atoms with E-state index in [9.17, 15) is 22.8 Å². The first-order chi connectivity index (χ1) is 11.3. The Morgan fingerprint density at radius 2 is 1.79 bits per heavy atom. The number of hydrogen-bond donors (Lipinski definition) is 0. The van der Waals surface area contributed by atoms with Gasteiger partial charge in [0.1, 0.15) is 5.54 Å². The molecule has 0 N–H and O–H groups in total. The summed E-state index contributed by atoms with van der Waals surface area (Å²) in [5.41, 5.74) is -1.29. The molecule has 0 atom stereocenters. The van der Waals surface area contributed by atoms with Crippen LogP contribution in [-0.4, -0.2) is 34.3 Å². The van der Waals surface area contributed by atoms with Gasteiger partial charge >= 0.3 is 12.2 Å². The van der Waals surface area contributed by atoms with E-state index in [2.05, 4.69) is 0 Å². The van der Waals surface area contributed by atoms with Crippen molar-refractivity contribution in [3.05, 3.63) is 35.4 Å². The molecule has 2 fully saturated rings. The van der Waals surface area contributed by atoms with Gasteiger partial charge in [-0.15, -0.1) is 0 Å². The number of halogens is 3. The lowest BCUT2D eigenvalue weighted by molar-refractivity contribution is -0.137. The monoisotopic (exact) mass is 340 g/mol. The number of nitrogens with zero attached hydrogens (tertiary/aromatic N) is 2. The molecule has 0 bridgehead atoms. The highest BCUT2D eigenvalue weighted by Crippen LogP contribution is 2.40. The van der Waals surface area contributed by atoms with E-state index in [0.717, 1.165) is 36.3 Å². The lowest BCUT2D eigenvalue weighted by Crippen LogP contribution is -2.49. The summed E-state index contributed by atoms with van der Waals surface area (Å²) in [4.78, 5) is 27.9. The largest absolute Gasteiger partial charge is 0.416 e. The molecule has 3 rings (SSSR count). The summed E-state index contributed by atoms with van der Waals surface area (Å²) < 4.78 is 38.5. The van der Waals surface area contributed by atoms with Gasteiger partial charge in [0.05, 0.1) is 12.1 Å². The summed E-state index contributed by atoms with van der Waals surface area (Å²) in [5, 5.41) is 0. The molecule has 7 heteroatoms. The number of hydrogen-bond acceptors (Lipinski definition) is 2. The van der Waals surface area contributed by atoms with E-state index < -0.39 is 23.3 Å². The molecule has 1 saturated heterocycles. The lowest BCUT2D eigenvalue weighted by Gasteiger charge is -2.35. The normalized spacial score (nSPS) is 21.0. The van der Waals surface area contributed by atoms with Gasteiger partial charge < -0.3 is 4.90 Å². The number of carbonyl (C=O) groups excluding carboxylic acids is 2. The first-order valence-corrected chi connectivity index (χ1v) is 8.02. The van der Waals surface area contributed by atoms with Crippen molar-refractivity contribution in [3.8, 4) is 0 Å². The molecular formula is C17H19F3N2O2. The Balaban J connectivity index is 1.85. The lowest BCUT2D eigenvalue weighted by atomic mass is 9.80. The highest BCUT2D eigenvalue weighted by atomic mass is 19.4. The second kappa shape index (κ2) is 5.79. The number of urea groups is 1. The molecule has 1 aliphatic carbocycles. The second-order valence-electron chi connectivity index (χ2n) is 6.52. The average molecular weight is 340 g/mol. The molecule has 1 saturated carbocycles. The van der Waals surface area contributed by atoms with Crippen molar-refractivity contribution in [3.63, 3.8) is 0 Å². The molecule has 1 heterocycles. The zero-order valence-corrected chi connectivity index (χ0v) is 13.4. The molecule has 130 valence electrons. The van der Waals surface area contributed by atoms with Gasteiger partial charge in [-0.1, -0.05) is 31.4 Å². The SMILES string of the molecule is CN1C(=O)N(Cc2cccc(C(F)(F)F)c2)C(=O)C12CCCCC2. The molecule has 1 aromatic carbocycles. The van der Waals surface area contributed by atoms with E-state index in [4.69, 9.17) is 0 Å². The molecule has 24 heavy (non-hydrogen) atoms.